The Bertz CT molecular complexity index is 68.5. The van der Waals surface area contributed by atoms with Crippen molar-refractivity contribution in [3.63, 3.8) is 0 Å². The molecule has 0 aliphatic heterocycles. The molecule has 0 unspecified atom stereocenters. The quantitative estimate of drug-likeness (QED) is 0.471. The first-order chi connectivity index (χ1) is 3.63. The zero-order chi connectivity index (χ0) is 6.57. The van der Waals surface area contributed by atoms with E-state index in [4.69, 9.17) is 10.8 Å². The standard InChI is InChI=1S/C5H12N2O/c1-7(2)4-3-5(6)8/h3-5,8H,6H2,1-2H3/b4-3+/t5-/m1/s1. The van der Waals surface area contributed by atoms with Crippen LogP contribution < -0.4 is 5.73 Å². The van der Waals surface area contributed by atoms with Crippen LogP contribution in [0.3, 0.4) is 0 Å². The van der Waals surface area contributed by atoms with Gasteiger partial charge in [0.1, 0.15) is 6.23 Å². The Morgan fingerprint density at radius 3 is 2.25 bits per heavy atom. The minimum absolute atomic E-state index is 0.836. The second-order valence-electron chi connectivity index (χ2n) is 1.80. The second kappa shape index (κ2) is 3.46. The Hall–Kier alpha value is -0.540. The average molecular weight is 116 g/mol. The van der Waals surface area contributed by atoms with Crippen LogP contribution in [0.1, 0.15) is 0 Å². The van der Waals surface area contributed by atoms with Gasteiger partial charge in [-0.1, -0.05) is 0 Å². The topological polar surface area (TPSA) is 49.5 Å². The molecule has 3 heteroatoms. The zero-order valence-electron chi connectivity index (χ0n) is 5.20. The highest BCUT2D eigenvalue weighted by Crippen LogP contribution is 1.77. The third kappa shape index (κ3) is 5.46. The first kappa shape index (κ1) is 7.46. The SMILES string of the molecule is CN(C)/C=C/[C@H](N)O. The molecule has 0 aliphatic rings. The van der Waals surface area contributed by atoms with Crippen LogP contribution in [-0.4, -0.2) is 30.3 Å². The van der Waals surface area contributed by atoms with Crippen LogP contribution in [-0.2, 0) is 0 Å². The molecule has 0 rings (SSSR count). The Labute approximate surface area is 49.4 Å². The lowest BCUT2D eigenvalue weighted by Gasteiger charge is -2.03. The molecule has 3 N–H and O–H groups in total. The normalized spacial score (nSPS) is 14.5. The van der Waals surface area contributed by atoms with Gasteiger partial charge in [0.05, 0.1) is 0 Å². The van der Waals surface area contributed by atoms with Crippen LogP contribution in [0.5, 0.6) is 0 Å². The van der Waals surface area contributed by atoms with Crippen molar-refractivity contribution in [2.24, 2.45) is 5.73 Å². The van der Waals surface area contributed by atoms with Gasteiger partial charge in [-0.3, -0.25) is 0 Å². The summed E-state index contributed by atoms with van der Waals surface area (Å²) in [7, 11) is 3.72. The van der Waals surface area contributed by atoms with E-state index in [2.05, 4.69) is 0 Å². The van der Waals surface area contributed by atoms with Crippen LogP contribution in [0.25, 0.3) is 0 Å². The van der Waals surface area contributed by atoms with Crippen LogP contribution in [0.2, 0.25) is 0 Å². The summed E-state index contributed by atoms with van der Waals surface area (Å²) in [5, 5.41) is 8.47. The molecule has 3 nitrogen and oxygen atoms in total. The minimum atomic E-state index is -0.836. The summed E-state index contributed by atoms with van der Waals surface area (Å²) in [6, 6.07) is 0. The molecule has 0 saturated heterocycles. The number of nitrogens with zero attached hydrogens (tertiary/aromatic N) is 1. The summed E-state index contributed by atoms with van der Waals surface area (Å²) < 4.78 is 0. The van der Waals surface area contributed by atoms with Gasteiger partial charge >= 0.3 is 0 Å². The summed E-state index contributed by atoms with van der Waals surface area (Å²) in [6.45, 7) is 0. The van der Waals surface area contributed by atoms with E-state index in [1.54, 1.807) is 11.1 Å². The van der Waals surface area contributed by atoms with E-state index < -0.39 is 6.23 Å². The molecule has 0 aliphatic carbocycles. The smallest absolute Gasteiger partial charge is 0.123 e. The summed E-state index contributed by atoms with van der Waals surface area (Å²) >= 11 is 0. The number of rotatable bonds is 2. The Morgan fingerprint density at radius 1 is 1.62 bits per heavy atom. The van der Waals surface area contributed by atoms with Gasteiger partial charge in [0.15, 0.2) is 0 Å². The minimum Gasteiger partial charge on any atom is -0.384 e. The summed E-state index contributed by atoms with van der Waals surface area (Å²) in [4.78, 5) is 1.80. The lowest BCUT2D eigenvalue weighted by molar-refractivity contribution is 0.230. The van der Waals surface area contributed by atoms with Gasteiger partial charge < -0.3 is 15.7 Å². The van der Waals surface area contributed by atoms with Crippen molar-refractivity contribution in [1.29, 1.82) is 0 Å². The van der Waals surface area contributed by atoms with E-state index in [1.165, 1.54) is 6.08 Å². The Kier molecular flexibility index (Phi) is 3.23. The van der Waals surface area contributed by atoms with Crippen molar-refractivity contribution in [2.75, 3.05) is 14.1 Å². The largest absolute Gasteiger partial charge is 0.384 e. The molecule has 8 heavy (non-hydrogen) atoms. The highest BCUT2D eigenvalue weighted by Gasteiger charge is 1.82. The van der Waals surface area contributed by atoms with Crippen molar-refractivity contribution < 1.29 is 5.11 Å². The van der Waals surface area contributed by atoms with E-state index in [0.29, 0.717) is 0 Å². The first-order valence-corrected chi connectivity index (χ1v) is 2.41. The van der Waals surface area contributed by atoms with E-state index in [9.17, 15) is 0 Å². The van der Waals surface area contributed by atoms with Gasteiger partial charge in [-0.15, -0.1) is 0 Å². The van der Waals surface area contributed by atoms with Crippen LogP contribution in [0.15, 0.2) is 12.3 Å². The van der Waals surface area contributed by atoms with Crippen molar-refractivity contribution in [3.8, 4) is 0 Å². The van der Waals surface area contributed by atoms with E-state index in [1.807, 2.05) is 14.1 Å². The summed E-state index contributed by atoms with van der Waals surface area (Å²) in [6.07, 6.45) is 2.36. The fourth-order valence-electron chi connectivity index (χ4n) is 0.260. The Morgan fingerprint density at radius 2 is 2.12 bits per heavy atom. The maximum atomic E-state index is 8.47. The summed E-state index contributed by atoms with van der Waals surface area (Å²) in [5.41, 5.74) is 4.98. The van der Waals surface area contributed by atoms with Crippen LogP contribution >= 0.6 is 0 Å². The molecule has 0 aromatic heterocycles. The number of hydrogen-bond acceptors (Lipinski definition) is 3. The maximum absolute atomic E-state index is 8.47. The number of nitrogens with two attached hydrogens (primary N) is 1. The third-order valence-corrected chi connectivity index (χ3v) is 0.581. The first-order valence-electron chi connectivity index (χ1n) is 2.41. The van der Waals surface area contributed by atoms with Gasteiger partial charge in [-0.2, -0.15) is 0 Å². The van der Waals surface area contributed by atoms with Crippen molar-refractivity contribution in [3.05, 3.63) is 12.3 Å². The second-order valence-corrected chi connectivity index (χ2v) is 1.80. The van der Waals surface area contributed by atoms with E-state index in [0.717, 1.165) is 0 Å². The number of aliphatic hydroxyl groups excluding tert-OH is 1. The van der Waals surface area contributed by atoms with Gasteiger partial charge in [0.25, 0.3) is 0 Å². The zero-order valence-corrected chi connectivity index (χ0v) is 5.20. The maximum Gasteiger partial charge on any atom is 0.123 e. The highest BCUT2D eigenvalue weighted by atomic mass is 16.3. The summed E-state index contributed by atoms with van der Waals surface area (Å²) in [5.74, 6) is 0. The molecule has 0 aromatic carbocycles. The van der Waals surface area contributed by atoms with Gasteiger partial charge in [0.2, 0.25) is 0 Å². The fourth-order valence-corrected chi connectivity index (χ4v) is 0.260. The van der Waals surface area contributed by atoms with Gasteiger partial charge in [0, 0.05) is 14.1 Å². The van der Waals surface area contributed by atoms with Crippen molar-refractivity contribution in [1.82, 2.24) is 4.90 Å². The third-order valence-electron chi connectivity index (χ3n) is 0.581. The molecule has 48 valence electrons. The van der Waals surface area contributed by atoms with Crippen LogP contribution in [0, 0.1) is 0 Å². The van der Waals surface area contributed by atoms with Crippen molar-refractivity contribution >= 4 is 0 Å². The van der Waals surface area contributed by atoms with Gasteiger partial charge in [-0.25, -0.2) is 0 Å². The predicted molar refractivity (Wildman–Crippen MR) is 33.0 cm³/mol. The molecule has 0 heterocycles. The fraction of sp³-hybridized carbons (Fsp3) is 0.600. The number of hydrogen-bond donors (Lipinski definition) is 2. The molecule has 0 radical (unpaired) electrons. The van der Waals surface area contributed by atoms with Crippen LogP contribution in [0.4, 0.5) is 0 Å². The average Bonchev–Trinajstić information content (AvgIpc) is 1.61. The highest BCUT2D eigenvalue weighted by molar-refractivity contribution is 4.82. The molecule has 0 saturated carbocycles. The molecule has 0 amide bonds. The molecule has 0 aromatic rings. The predicted octanol–water partition coefficient (Wildman–Crippen LogP) is -0.661. The Balaban J connectivity index is 3.34. The van der Waals surface area contributed by atoms with E-state index in [-0.39, 0.29) is 0 Å². The molecule has 0 bridgehead atoms. The van der Waals surface area contributed by atoms with Crippen molar-refractivity contribution in [2.45, 2.75) is 6.23 Å². The lowest BCUT2D eigenvalue weighted by Crippen LogP contribution is -2.16. The molecule has 0 fully saturated rings. The van der Waals surface area contributed by atoms with E-state index >= 15 is 0 Å². The lowest BCUT2D eigenvalue weighted by atomic mass is 10.5. The molecule has 1 atom stereocenters. The van der Waals surface area contributed by atoms with Gasteiger partial charge in [-0.05, 0) is 12.3 Å². The molecular formula is C5H12N2O. The number of aliphatic hydroxyl groups is 1. The molecule has 0 spiro atoms. The monoisotopic (exact) mass is 116 g/mol. The molecular weight excluding hydrogens is 104 g/mol.